The van der Waals surface area contributed by atoms with Gasteiger partial charge in [0.25, 0.3) is 5.91 Å². The van der Waals surface area contributed by atoms with E-state index in [1.165, 1.54) is 16.5 Å². The van der Waals surface area contributed by atoms with Gasteiger partial charge in [-0.05, 0) is 49.1 Å². The Morgan fingerprint density at radius 3 is 2.39 bits per heavy atom. The molecule has 0 atom stereocenters. The molecule has 1 saturated heterocycles. The molecule has 1 aromatic heterocycles. The normalized spacial score (nSPS) is 14.3. The Balaban J connectivity index is 1.36. The molecule has 1 aliphatic heterocycles. The van der Waals surface area contributed by atoms with Gasteiger partial charge >= 0.3 is 0 Å². The number of rotatable bonds is 3. The highest BCUT2D eigenvalue weighted by molar-refractivity contribution is 5.95. The second-order valence-corrected chi connectivity index (χ2v) is 8.20. The molecule has 0 aliphatic carbocycles. The number of carbonyl (C=O) groups excluding carboxylic acids is 1. The van der Waals surface area contributed by atoms with Crippen molar-refractivity contribution in [1.29, 1.82) is 0 Å². The molecular weight excluding hydrogens is 384 g/mol. The molecule has 0 N–H and O–H groups in total. The number of amides is 1. The summed E-state index contributed by atoms with van der Waals surface area (Å²) in [5.41, 5.74) is 4.78. The number of fused-ring (bicyclic) bond motifs is 1. The van der Waals surface area contributed by atoms with Crippen molar-refractivity contribution in [3.63, 3.8) is 0 Å². The zero-order valence-electron chi connectivity index (χ0n) is 18.0. The maximum atomic E-state index is 13.4. The molecule has 0 saturated carbocycles. The third-order valence-corrected chi connectivity index (χ3v) is 5.97. The summed E-state index contributed by atoms with van der Waals surface area (Å²) in [4.78, 5) is 17.7. The number of carbonyl (C=O) groups is 1. The third-order valence-electron chi connectivity index (χ3n) is 5.97. The Labute approximate surface area is 182 Å². The lowest BCUT2D eigenvalue weighted by atomic mass is 10.1. The van der Waals surface area contributed by atoms with Gasteiger partial charge in [0.1, 0.15) is 5.69 Å². The van der Waals surface area contributed by atoms with Crippen molar-refractivity contribution in [2.75, 3.05) is 31.1 Å². The van der Waals surface area contributed by atoms with Crippen LogP contribution in [0.4, 0.5) is 5.69 Å². The van der Waals surface area contributed by atoms with Gasteiger partial charge in [0.15, 0.2) is 0 Å². The van der Waals surface area contributed by atoms with Gasteiger partial charge in [-0.25, -0.2) is 4.68 Å². The van der Waals surface area contributed by atoms with E-state index in [4.69, 9.17) is 0 Å². The average molecular weight is 411 g/mol. The maximum Gasteiger partial charge on any atom is 0.272 e. The topological polar surface area (TPSA) is 41.4 Å². The van der Waals surface area contributed by atoms with Crippen LogP contribution in [0.3, 0.4) is 0 Å². The van der Waals surface area contributed by atoms with Crippen LogP contribution in [0, 0.1) is 13.8 Å². The molecule has 0 radical (unpaired) electrons. The Morgan fingerprint density at radius 1 is 0.839 bits per heavy atom. The highest BCUT2D eigenvalue weighted by Gasteiger charge is 2.26. The van der Waals surface area contributed by atoms with E-state index in [9.17, 15) is 4.79 Å². The van der Waals surface area contributed by atoms with Crippen LogP contribution in [-0.4, -0.2) is 46.8 Å². The van der Waals surface area contributed by atoms with Crippen LogP contribution in [0.15, 0.2) is 72.8 Å². The Bertz CT molecular complexity index is 1250. The molecule has 0 bridgehead atoms. The molecule has 5 heteroatoms. The fourth-order valence-corrected chi connectivity index (χ4v) is 4.40. The van der Waals surface area contributed by atoms with Gasteiger partial charge in [-0.1, -0.05) is 48.5 Å². The fraction of sp³-hybridized carbons (Fsp3) is 0.231. The average Bonchev–Trinajstić information content (AvgIpc) is 3.20. The van der Waals surface area contributed by atoms with Crippen molar-refractivity contribution in [2.45, 2.75) is 13.8 Å². The lowest BCUT2D eigenvalue weighted by Gasteiger charge is -2.36. The SMILES string of the molecule is Cc1cccc(-n2nc(C)cc2C(=O)N2CCN(c3cccc4ccccc34)CC2)c1. The molecule has 0 unspecified atom stereocenters. The minimum atomic E-state index is 0.0414. The number of hydrogen-bond donors (Lipinski definition) is 0. The molecule has 1 fully saturated rings. The predicted molar refractivity (Wildman–Crippen MR) is 125 cm³/mol. The summed E-state index contributed by atoms with van der Waals surface area (Å²) in [7, 11) is 0. The van der Waals surface area contributed by atoms with Crippen molar-refractivity contribution in [3.05, 3.63) is 89.7 Å². The van der Waals surface area contributed by atoms with Crippen molar-refractivity contribution >= 4 is 22.4 Å². The lowest BCUT2D eigenvalue weighted by Crippen LogP contribution is -2.49. The van der Waals surface area contributed by atoms with Crippen molar-refractivity contribution in [1.82, 2.24) is 14.7 Å². The van der Waals surface area contributed by atoms with Crippen LogP contribution in [0.2, 0.25) is 0 Å². The molecule has 2 heterocycles. The van der Waals surface area contributed by atoms with Crippen LogP contribution in [0.1, 0.15) is 21.7 Å². The molecule has 31 heavy (non-hydrogen) atoms. The first-order valence-corrected chi connectivity index (χ1v) is 10.8. The van der Waals surface area contributed by atoms with E-state index in [1.807, 2.05) is 43.0 Å². The summed E-state index contributed by atoms with van der Waals surface area (Å²) in [5, 5.41) is 7.10. The molecule has 1 amide bonds. The van der Waals surface area contributed by atoms with Gasteiger partial charge in [0, 0.05) is 37.3 Å². The number of hydrogen-bond acceptors (Lipinski definition) is 3. The first kappa shape index (κ1) is 19.4. The molecule has 5 nitrogen and oxygen atoms in total. The van der Waals surface area contributed by atoms with Gasteiger partial charge < -0.3 is 9.80 Å². The van der Waals surface area contributed by atoms with Gasteiger partial charge in [0.05, 0.1) is 11.4 Å². The first-order valence-electron chi connectivity index (χ1n) is 10.8. The standard InChI is InChI=1S/C26H26N4O/c1-19-7-5-10-22(17-19)30-25(18-20(2)27-30)26(31)29-15-13-28(14-16-29)24-12-6-9-21-8-3-4-11-23(21)24/h3-12,17-18H,13-16H2,1-2H3. The quantitative estimate of drug-likeness (QED) is 0.495. The van der Waals surface area contributed by atoms with E-state index >= 15 is 0 Å². The van der Waals surface area contributed by atoms with Crippen LogP contribution < -0.4 is 4.90 Å². The van der Waals surface area contributed by atoms with Crippen molar-refractivity contribution in [3.8, 4) is 5.69 Å². The second kappa shape index (κ2) is 7.91. The predicted octanol–water partition coefficient (Wildman–Crippen LogP) is 4.60. The highest BCUT2D eigenvalue weighted by Crippen LogP contribution is 2.28. The van der Waals surface area contributed by atoms with Gasteiger partial charge in [-0.3, -0.25) is 4.79 Å². The molecular formula is C26H26N4O. The van der Waals surface area contributed by atoms with E-state index in [0.29, 0.717) is 18.8 Å². The monoisotopic (exact) mass is 410 g/mol. The van der Waals surface area contributed by atoms with E-state index in [1.54, 1.807) is 4.68 Å². The molecule has 156 valence electrons. The first-order chi connectivity index (χ1) is 15.1. The largest absolute Gasteiger partial charge is 0.367 e. The second-order valence-electron chi connectivity index (χ2n) is 8.20. The van der Waals surface area contributed by atoms with E-state index in [2.05, 4.69) is 58.5 Å². The van der Waals surface area contributed by atoms with Gasteiger partial charge in [0.2, 0.25) is 0 Å². The molecule has 5 rings (SSSR count). The molecule has 4 aromatic rings. The Hall–Kier alpha value is -3.60. The summed E-state index contributed by atoms with van der Waals surface area (Å²) in [6.45, 7) is 7.00. The van der Waals surface area contributed by atoms with Crippen LogP contribution >= 0.6 is 0 Å². The zero-order valence-corrected chi connectivity index (χ0v) is 18.0. The zero-order chi connectivity index (χ0) is 21.4. The van der Waals surface area contributed by atoms with Crippen LogP contribution in [0.5, 0.6) is 0 Å². The van der Waals surface area contributed by atoms with Gasteiger partial charge in [-0.2, -0.15) is 5.10 Å². The highest BCUT2D eigenvalue weighted by atomic mass is 16.2. The van der Waals surface area contributed by atoms with Crippen molar-refractivity contribution < 1.29 is 4.79 Å². The summed E-state index contributed by atoms with van der Waals surface area (Å²) in [5.74, 6) is 0.0414. The number of anilines is 1. The third kappa shape index (κ3) is 3.67. The fourth-order valence-electron chi connectivity index (χ4n) is 4.40. The molecule has 1 aliphatic rings. The van der Waals surface area contributed by atoms with E-state index < -0.39 is 0 Å². The Kier molecular flexibility index (Phi) is 4.94. The number of nitrogens with zero attached hydrogens (tertiary/aromatic N) is 4. The summed E-state index contributed by atoms with van der Waals surface area (Å²) < 4.78 is 1.78. The van der Waals surface area contributed by atoms with Crippen LogP contribution in [0.25, 0.3) is 16.5 Å². The minimum absolute atomic E-state index is 0.0414. The summed E-state index contributed by atoms with van der Waals surface area (Å²) in [6, 6.07) is 24.9. The van der Waals surface area contributed by atoms with Gasteiger partial charge in [-0.15, -0.1) is 0 Å². The van der Waals surface area contributed by atoms with E-state index in [-0.39, 0.29) is 5.91 Å². The maximum absolute atomic E-state index is 13.4. The van der Waals surface area contributed by atoms with E-state index in [0.717, 1.165) is 30.0 Å². The summed E-state index contributed by atoms with van der Waals surface area (Å²) >= 11 is 0. The lowest BCUT2D eigenvalue weighted by molar-refractivity contribution is 0.0737. The molecule has 0 spiro atoms. The number of aromatic nitrogens is 2. The Morgan fingerprint density at radius 2 is 1.58 bits per heavy atom. The van der Waals surface area contributed by atoms with Crippen LogP contribution in [-0.2, 0) is 0 Å². The number of aryl methyl sites for hydroxylation is 2. The summed E-state index contributed by atoms with van der Waals surface area (Å²) in [6.07, 6.45) is 0. The molecule has 3 aromatic carbocycles. The smallest absolute Gasteiger partial charge is 0.272 e. The number of benzene rings is 3. The van der Waals surface area contributed by atoms with Crippen molar-refractivity contribution in [2.24, 2.45) is 0 Å². The number of piperazine rings is 1. The minimum Gasteiger partial charge on any atom is -0.367 e.